The van der Waals surface area contributed by atoms with Crippen molar-refractivity contribution in [3.63, 3.8) is 0 Å². The molecule has 0 aliphatic carbocycles. The zero-order valence-electron chi connectivity index (χ0n) is 12.1. The smallest absolute Gasteiger partial charge is 0.264 e. The quantitative estimate of drug-likeness (QED) is 0.541. The fourth-order valence-electron chi connectivity index (χ4n) is 1.71. The first kappa shape index (κ1) is 16.7. The SMILES string of the molecule is CCCCC(=C=Cc1ccccc1)CCOS(C)(=O)=O. The summed E-state index contributed by atoms with van der Waals surface area (Å²) in [6, 6.07) is 9.95. The predicted octanol–water partition coefficient (Wildman–Crippen LogP) is 3.78. The lowest BCUT2D eigenvalue weighted by Gasteiger charge is -2.04. The normalized spacial score (nSPS) is 10.9. The van der Waals surface area contributed by atoms with Gasteiger partial charge in [0.15, 0.2) is 0 Å². The van der Waals surface area contributed by atoms with Crippen LogP contribution in [0.2, 0.25) is 0 Å². The van der Waals surface area contributed by atoms with E-state index in [9.17, 15) is 8.42 Å². The Labute approximate surface area is 122 Å². The van der Waals surface area contributed by atoms with Gasteiger partial charge in [-0.3, -0.25) is 4.18 Å². The number of unbranched alkanes of at least 4 members (excludes halogenated alkanes) is 1. The monoisotopic (exact) mass is 294 g/mol. The van der Waals surface area contributed by atoms with Gasteiger partial charge in [0.05, 0.1) is 12.9 Å². The van der Waals surface area contributed by atoms with Gasteiger partial charge < -0.3 is 0 Å². The lowest BCUT2D eigenvalue weighted by atomic mass is 10.1. The molecular weight excluding hydrogens is 272 g/mol. The highest BCUT2D eigenvalue weighted by atomic mass is 32.2. The van der Waals surface area contributed by atoms with Crippen molar-refractivity contribution in [2.75, 3.05) is 12.9 Å². The molecule has 1 rings (SSSR count). The van der Waals surface area contributed by atoms with Gasteiger partial charge in [-0.05, 0) is 30.1 Å². The molecule has 0 saturated heterocycles. The molecule has 0 N–H and O–H groups in total. The van der Waals surface area contributed by atoms with E-state index in [1.807, 2.05) is 36.4 Å². The van der Waals surface area contributed by atoms with Gasteiger partial charge in [-0.2, -0.15) is 8.42 Å². The topological polar surface area (TPSA) is 43.4 Å². The molecule has 0 atom stereocenters. The predicted molar refractivity (Wildman–Crippen MR) is 82.9 cm³/mol. The number of hydrogen-bond donors (Lipinski definition) is 0. The Morgan fingerprint density at radius 1 is 1.25 bits per heavy atom. The molecule has 0 aliphatic rings. The molecule has 0 spiro atoms. The highest BCUT2D eigenvalue weighted by molar-refractivity contribution is 7.85. The number of rotatable bonds is 8. The third-order valence-corrected chi connectivity index (χ3v) is 3.37. The molecule has 1 aromatic rings. The van der Waals surface area contributed by atoms with E-state index in [0.717, 1.165) is 36.7 Å². The second-order valence-electron chi connectivity index (χ2n) is 4.68. The molecule has 0 bridgehead atoms. The van der Waals surface area contributed by atoms with Crippen LogP contribution in [0.3, 0.4) is 0 Å². The Morgan fingerprint density at radius 3 is 2.55 bits per heavy atom. The van der Waals surface area contributed by atoms with E-state index in [4.69, 9.17) is 4.18 Å². The van der Waals surface area contributed by atoms with E-state index >= 15 is 0 Å². The molecule has 110 valence electrons. The van der Waals surface area contributed by atoms with Crippen LogP contribution in [0.5, 0.6) is 0 Å². The molecule has 0 amide bonds. The summed E-state index contributed by atoms with van der Waals surface area (Å²) in [7, 11) is -3.36. The molecule has 0 radical (unpaired) electrons. The summed E-state index contributed by atoms with van der Waals surface area (Å²) in [4.78, 5) is 0. The van der Waals surface area contributed by atoms with E-state index in [1.54, 1.807) is 0 Å². The summed E-state index contributed by atoms with van der Waals surface area (Å²) in [5.41, 5.74) is 5.46. The molecular formula is C16H22O3S. The van der Waals surface area contributed by atoms with E-state index < -0.39 is 10.1 Å². The summed E-state index contributed by atoms with van der Waals surface area (Å²) in [6.07, 6.45) is 6.70. The molecule has 3 nitrogen and oxygen atoms in total. The average Bonchev–Trinajstić information content (AvgIpc) is 2.41. The van der Waals surface area contributed by atoms with Crippen molar-refractivity contribution in [1.82, 2.24) is 0 Å². The Bertz CT molecular complexity index is 553. The van der Waals surface area contributed by atoms with Gasteiger partial charge in [0.2, 0.25) is 0 Å². The Hall–Kier alpha value is -1.35. The van der Waals surface area contributed by atoms with E-state index in [2.05, 4.69) is 12.7 Å². The lowest BCUT2D eigenvalue weighted by Crippen LogP contribution is -2.04. The van der Waals surface area contributed by atoms with Crippen molar-refractivity contribution in [2.24, 2.45) is 0 Å². The summed E-state index contributed by atoms with van der Waals surface area (Å²) < 4.78 is 26.7. The van der Waals surface area contributed by atoms with Crippen LogP contribution in [0.4, 0.5) is 0 Å². The van der Waals surface area contributed by atoms with E-state index in [-0.39, 0.29) is 6.61 Å². The highest BCUT2D eigenvalue weighted by Crippen LogP contribution is 2.12. The van der Waals surface area contributed by atoms with Crippen LogP contribution in [0.1, 0.15) is 38.2 Å². The summed E-state index contributed by atoms with van der Waals surface area (Å²) in [5, 5.41) is 0. The largest absolute Gasteiger partial charge is 0.270 e. The fraction of sp³-hybridized carbons (Fsp3) is 0.438. The number of hydrogen-bond acceptors (Lipinski definition) is 3. The first-order valence-electron chi connectivity index (χ1n) is 6.85. The van der Waals surface area contributed by atoms with E-state index in [0.29, 0.717) is 6.42 Å². The van der Waals surface area contributed by atoms with Crippen LogP contribution >= 0.6 is 0 Å². The minimum atomic E-state index is -3.36. The minimum Gasteiger partial charge on any atom is -0.270 e. The zero-order chi connectivity index (χ0) is 14.8. The van der Waals surface area contributed by atoms with Gasteiger partial charge in [0.25, 0.3) is 10.1 Å². The maximum Gasteiger partial charge on any atom is 0.264 e. The second kappa shape index (κ2) is 8.75. The molecule has 0 aliphatic heterocycles. The van der Waals surface area contributed by atoms with Crippen LogP contribution in [0, 0.1) is 0 Å². The van der Waals surface area contributed by atoms with Crippen molar-refractivity contribution < 1.29 is 12.6 Å². The van der Waals surface area contributed by atoms with Crippen molar-refractivity contribution in [3.05, 3.63) is 47.2 Å². The lowest BCUT2D eigenvalue weighted by molar-refractivity contribution is 0.324. The highest BCUT2D eigenvalue weighted by Gasteiger charge is 2.03. The second-order valence-corrected chi connectivity index (χ2v) is 6.33. The molecule has 0 unspecified atom stereocenters. The Balaban J connectivity index is 2.70. The van der Waals surface area contributed by atoms with Gasteiger partial charge in [0.1, 0.15) is 0 Å². The standard InChI is InChI=1S/C16H22O3S/c1-3-4-8-16(13-14-19-20(2,17)18)12-11-15-9-6-5-7-10-15/h5-7,9-11H,3-4,8,13-14H2,1-2H3. The molecule has 0 heterocycles. The van der Waals surface area contributed by atoms with Crippen LogP contribution in [-0.4, -0.2) is 21.3 Å². The van der Waals surface area contributed by atoms with Crippen molar-refractivity contribution in [3.8, 4) is 0 Å². The Morgan fingerprint density at radius 2 is 1.95 bits per heavy atom. The molecule has 4 heteroatoms. The van der Waals surface area contributed by atoms with Gasteiger partial charge >= 0.3 is 0 Å². The van der Waals surface area contributed by atoms with Gasteiger partial charge in [0, 0.05) is 6.42 Å². The van der Waals surface area contributed by atoms with Crippen molar-refractivity contribution in [2.45, 2.75) is 32.6 Å². The minimum absolute atomic E-state index is 0.188. The molecule has 0 saturated carbocycles. The average molecular weight is 294 g/mol. The first-order valence-corrected chi connectivity index (χ1v) is 8.67. The van der Waals surface area contributed by atoms with Crippen molar-refractivity contribution in [1.29, 1.82) is 0 Å². The first-order chi connectivity index (χ1) is 9.51. The molecule has 1 aromatic carbocycles. The maximum absolute atomic E-state index is 10.9. The van der Waals surface area contributed by atoms with Crippen LogP contribution in [0.25, 0.3) is 6.08 Å². The van der Waals surface area contributed by atoms with Gasteiger partial charge in [-0.25, -0.2) is 0 Å². The zero-order valence-corrected chi connectivity index (χ0v) is 12.9. The van der Waals surface area contributed by atoms with Crippen LogP contribution in [0.15, 0.2) is 41.6 Å². The molecule has 0 aromatic heterocycles. The van der Waals surface area contributed by atoms with Gasteiger partial charge in [-0.15, -0.1) is 5.73 Å². The maximum atomic E-state index is 10.9. The summed E-state index contributed by atoms with van der Waals surface area (Å²) in [5.74, 6) is 0. The third-order valence-electron chi connectivity index (χ3n) is 2.78. The molecule has 20 heavy (non-hydrogen) atoms. The third kappa shape index (κ3) is 7.95. The van der Waals surface area contributed by atoms with Gasteiger partial charge in [-0.1, -0.05) is 43.7 Å². The number of benzene rings is 1. The van der Waals surface area contributed by atoms with Crippen molar-refractivity contribution >= 4 is 16.2 Å². The van der Waals surface area contributed by atoms with E-state index in [1.165, 1.54) is 0 Å². The summed E-state index contributed by atoms with van der Waals surface area (Å²) >= 11 is 0. The van der Waals surface area contributed by atoms with Crippen LogP contribution < -0.4 is 0 Å². The molecule has 0 fully saturated rings. The van der Waals surface area contributed by atoms with Crippen LogP contribution in [-0.2, 0) is 14.3 Å². The summed E-state index contributed by atoms with van der Waals surface area (Å²) in [6.45, 7) is 2.32. The fourth-order valence-corrected chi connectivity index (χ4v) is 2.10. The Kier molecular flexibility index (Phi) is 7.31.